The number of hydrogen-bond acceptors (Lipinski definition) is 4. The van der Waals surface area contributed by atoms with Crippen LogP contribution in [-0.4, -0.2) is 31.6 Å². The number of hydrogen-bond donors (Lipinski definition) is 0. The Labute approximate surface area is 100 Å². The Morgan fingerprint density at radius 1 is 1.29 bits per heavy atom. The number of carbonyl (C=O) groups excluding carboxylic acids is 1. The van der Waals surface area contributed by atoms with Gasteiger partial charge >= 0.3 is 0 Å². The van der Waals surface area contributed by atoms with Gasteiger partial charge in [0, 0.05) is 25.9 Å². The van der Waals surface area contributed by atoms with E-state index in [9.17, 15) is 4.79 Å². The molecule has 17 heavy (non-hydrogen) atoms. The molecule has 1 aromatic rings. The molecule has 90 valence electrons. The van der Waals surface area contributed by atoms with Crippen LogP contribution >= 0.6 is 0 Å². The molecule has 0 saturated heterocycles. The number of ether oxygens (including phenoxy) is 2. The smallest absolute Gasteiger partial charge is 0.231 e. The van der Waals surface area contributed by atoms with Crippen molar-refractivity contribution < 1.29 is 14.3 Å². The molecule has 0 N–H and O–H groups in total. The quantitative estimate of drug-likeness (QED) is 0.747. The second-order valence-corrected chi connectivity index (χ2v) is 4.13. The summed E-state index contributed by atoms with van der Waals surface area (Å²) in [6, 6.07) is 5.52. The molecule has 1 aliphatic heterocycles. The Balaban J connectivity index is 2.41. The van der Waals surface area contributed by atoms with Crippen LogP contribution in [0.15, 0.2) is 24.4 Å². The fraction of sp³-hybridized carbons (Fsp3) is 0.308. The van der Waals surface area contributed by atoms with Crippen LogP contribution in [0, 0.1) is 0 Å². The highest BCUT2D eigenvalue weighted by molar-refractivity contribution is 6.19. The molecule has 0 saturated carbocycles. The van der Waals surface area contributed by atoms with Crippen LogP contribution < -0.4 is 9.47 Å². The van der Waals surface area contributed by atoms with Gasteiger partial charge in [-0.25, -0.2) is 0 Å². The van der Waals surface area contributed by atoms with Crippen LogP contribution in [0.1, 0.15) is 12.5 Å². The van der Waals surface area contributed by atoms with Gasteiger partial charge in [0.15, 0.2) is 17.3 Å². The molecule has 1 aliphatic rings. The van der Waals surface area contributed by atoms with Crippen LogP contribution in [0.3, 0.4) is 0 Å². The van der Waals surface area contributed by atoms with Gasteiger partial charge in [-0.1, -0.05) is 6.07 Å². The average Bonchev–Trinajstić information content (AvgIpc) is 2.72. The second kappa shape index (κ2) is 4.49. The summed E-state index contributed by atoms with van der Waals surface area (Å²) in [5.41, 5.74) is 1.50. The van der Waals surface area contributed by atoms with E-state index in [1.165, 1.54) is 0 Å². The van der Waals surface area contributed by atoms with Crippen molar-refractivity contribution in [1.29, 1.82) is 0 Å². The summed E-state index contributed by atoms with van der Waals surface area (Å²) < 4.78 is 10.5. The normalized spacial score (nSPS) is 13.7. The molecule has 2 rings (SSSR count). The first-order valence-electron chi connectivity index (χ1n) is 5.37. The van der Waals surface area contributed by atoms with Crippen molar-refractivity contribution in [2.45, 2.75) is 6.92 Å². The van der Waals surface area contributed by atoms with E-state index in [1.807, 2.05) is 37.2 Å². The summed E-state index contributed by atoms with van der Waals surface area (Å²) in [6.45, 7) is 1.80. The first-order chi connectivity index (χ1) is 8.08. The number of fused-ring (bicyclic) bond motifs is 1. The number of ketones is 1. The zero-order valence-electron chi connectivity index (χ0n) is 10.2. The Kier molecular flexibility index (Phi) is 3.04. The zero-order chi connectivity index (χ0) is 12.4. The maximum absolute atomic E-state index is 11.6. The third-order valence-corrected chi connectivity index (χ3v) is 2.45. The van der Waals surface area contributed by atoms with Crippen molar-refractivity contribution in [2.75, 3.05) is 20.9 Å². The summed E-state index contributed by atoms with van der Waals surface area (Å²) in [5.74, 6) is 1.44. The molecular formula is C13H15NO3. The molecule has 0 aliphatic carbocycles. The predicted molar refractivity (Wildman–Crippen MR) is 64.9 cm³/mol. The largest absolute Gasteiger partial charge is 0.454 e. The molecule has 0 amide bonds. The highest BCUT2D eigenvalue weighted by Crippen LogP contribution is 2.34. The van der Waals surface area contributed by atoms with Gasteiger partial charge in [0.25, 0.3) is 0 Å². The molecule has 1 aromatic carbocycles. The second-order valence-electron chi connectivity index (χ2n) is 4.13. The highest BCUT2D eigenvalue weighted by atomic mass is 16.7. The highest BCUT2D eigenvalue weighted by Gasteiger charge is 2.16. The minimum absolute atomic E-state index is 0.0255. The molecule has 4 heteroatoms. The molecule has 1 heterocycles. The molecule has 0 atom stereocenters. The molecular weight excluding hydrogens is 218 g/mol. The van der Waals surface area contributed by atoms with Crippen LogP contribution in [0.5, 0.6) is 11.5 Å². The monoisotopic (exact) mass is 233 g/mol. The Morgan fingerprint density at radius 3 is 2.65 bits per heavy atom. The number of allylic oxidation sites excluding steroid dienone is 1. The molecule has 0 radical (unpaired) electrons. The molecule has 0 unspecified atom stereocenters. The maximum Gasteiger partial charge on any atom is 0.231 e. The maximum atomic E-state index is 11.6. The Bertz CT molecular complexity index is 478. The third-order valence-electron chi connectivity index (χ3n) is 2.45. The number of rotatable bonds is 3. The molecule has 0 fully saturated rings. The van der Waals surface area contributed by atoms with Gasteiger partial charge in [-0.15, -0.1) is 0 Å². The van der Waals surface area contributed by atoms with E-state index in [2.05, 4.69) is 0 Å². The van der Waals surface area contributed by atoms with Gasteiger partial charge in [0.2, 0.25) is 6.79 Å². The molecule has 0 aromatic heterocycles. The lowest BCUT2D eigenvalue weighted by Crippen LogP contribution is -2.06. The van der Waals surface area contributed by atoms with Crippen LogP contribution in [0.2, 0.25) is 0 Å². The van der Waals surface area contributed by atoms with Crippen molar-refractivity contribution in [1.82, 2.24) is 4.90 Å². The lowest BCUT2D eigenvalue weighted by Gasteiger charge is -2.10. The molecule has 4 nitrogen and oxygen atoms in total. The lowest BCUT2D eigenvalue weighted by atomic mass is 10.0. The SMILES string of the molecule is CC(=O)/C(=C/N(C)C)c1ccc2c(c1)OCO2. The summed E-state index contributed by atoms with van der Waals surface area (Å²) >= 11 is 0. The molecule has 0 spiro atoms. The summed E-state index contributed by atoms with van der Waals surface area (Å²) in [5, 5.41) is 0. The minimum Gasteiger partial charge on any atom is -0.454 e. The average molecular weight is 233 g/mol. The predicted octanol–water partition coefficient (Wildman–Crippen LogP) is 1.91. The van der Waals surface area contributed by atoms with E-state index in [0.29, 0.717) is 11.3 Å². The van der Waals surface area contributed by atoms with E-state index in [0.717, 1.165) is 11.3 Å². The van der Waals surface area contributed by atoms with Gasteiger partial charge in [-0.2, -0.15) is 0 Å². The fourth-order valence-electron chi connectivity index (χ4n) is 1.69. The van der Waals surface area contributed by atoms with Gasteiger partial charge in [0.05, 0.1) is 0 Å². The van der Waals surface area contributed by atoms with E-state index in [1.54, 1.807) is 13.1 Å². The van der Waals surface area contributed by atoms with E-state index in [-0.39, 0.29) is 12.6 Å². The third kappa shape index (κ3) is 2.41. The first-order valence-corrected chi connectivity index (χ1v) is 5.37. The van der Waals surface area contributed by atoms with Crippen molar-refractivity contribution in [3.05, 3.63) is 30.0 Å². The number of Topliss-reactive ketones (excluding diaryl/α,β-unsaturated/α-hetero) is 1. The van der Waals surface area contributed by atoms with Crippen LogP contribution in [0.25, 0.3) is 5.57 Å². The summed E-state index contributed by atoms with van der Waals surface area (Å²) in [4.78, 5) is 13.5. The molecule has 0 bridgehead atoms. The van der Waals surface area contributed by atoms with Crippen molar-refractivity contribution in [2.24, 2.45) is 0 Å². The van der Waals surface area contributed by atoms with Crippen molar-refractivity contribution >= 4 is 11.4 Å². The van der Waals surface area contributed by atoms with E-state index in [4.69, 9.17) is 9.47 Å². The summed E-state index contributed by atoms with van der Waals surface area (Å²) in [7, 11) is 3.77. The first kappa shape index (κ1) is 11.5. The zero-order valence-corrected chi connectivity index (χ0v) is 10.2. The minimum atomic E-state index is 0.0255. The van der Waals surface area contributed by atoms with Crippen molar-refractivity contribution in [3.8, 4) is 11.5 Å². The lowest BCUT2D eigenvalue weighted by molar-refractivity contribution is -0.111. The fourth-order valence-corrected chi connectivity index (χ4v) is 1.69. The standard InChI is InChI=1S/C13H15NO3/c1-9(15)11(7-14(2)3)10-4-5-12-13(6-10)17-8-16-12/h4-7H,8H2,1-3H3/b11-7-. The number of benzene rings is 1. The topological polar surface area (TPSA) is 38.8 Å². The van der Waals surface area contributed by atoms with Gasteiger partial charge < -0.3 is 14.4 Å². The number of carbonyl (C=O) groups is 1. The number of nitrogens with zero attached hydrogens (tertiary/aromatic N) is 1. The van der Waals surface area contributed by atoms with E-state index < -0.39 is 0 Å². The Hall–Kier alpha value is -1.97. The van der Waals surface area contributed by atoms with E-state index >= 15 is 0 Å². The van der Waals surface area contributed by atoms with Crippen molar-refractivity contribution in [3.63, 3.8) is 0 Å². The van der Waals surface area contributed by atoms with Gasteiger partial charge in [-0.05, 0) is 24.6 Å². The van der Waals surface area contributed by atoms with Gasteiger partial charge in [-0.3, -0.25) is 4.79 Å². The Morgan fingerprint density at radius 2 is 2.00 bits per heavy atom. The van der Waals surface area contributed by atoms with Gasteiger partial charge in [0.1, 0.15) is 0 Å². The summed E-state index contributed by atoms with van der Waals surface area (Å²) in [6.07, 6.45) is 1.81. The van der Waals surface area contributed by atoms with Crippen LogP contribution in [-0.2, 0) is 4.79 Å². The van der Waals surface area contributed by atoms with Crippen LogP contribution in [0.4, 0.5) is 0 Å².